The Balaban J connectivity index is 2.22. The first-order chi connectivity index (χ1) is 8.60. The number of aryl methyl sites for hydroxylation is 3. The molecule has 0 unspecified atom stereocenters. The van der Waals surface area contributed by atoms with Gasteiger partial charge in [-0.3, -0.25) is 0 Å². The smallest absolute Gasteiger partial charge is 0.210 e. The summed E-state index contributed by atoms with van der Waals surface area (Å²) in [7, 11) is 0. The van der Waals surface area contributed by atoms with Gasteiger partial charge in [-0.15, -0.1) is 10.2 Å². The van der Waals surface area contributed by atoms with Crippen LogP contribution in [0.3, 0.4) is 0 Å². The van der Waals surface area contributed by atoms with E-state index in [-0.39, 0.29) is 0 Å². The number of nitrogens with zero attached hydrogens (tertiary/aromatic N) is 2. The molecule has 0 spiro atoms. The van der Waals surface area contributed by atoms with Gasteiger partial charge in [0.2, 0.25) is 5.13 Å². The van der Waals surface area contributed by atoms with Gasteiger partial charge in [0, 0.05) is 12.1 Å². The van der Waals surface area contributed by atoms with Crippen LogP contribution >= 0.6 is 11.3 Å². The van der Waals surface area contributed by atoms with Crippen LogP contribution in [-0.2, 0) is 6.42 Å². The molecule has 0 bridgehead atoms. The maximum absolute atomic E-state index is 5.51. The summed E-state index contributed by atoms with van der Waals surface area (Å²) in [6, 6.07) is 4.33. The fraction of sp³-hybridized carbons (Fsp3) is 0.385. The number of rotatable bonds is 4. The minimum absolute atomic E-state index is 0.608. The lowest BCUT2D eigenvalue weighted by atomic mass is 10.1. The third-order valence-electron chi connectivity index (χ3n) is 2.73. The molecule has 1 heterocycles. The van der Waals surface area contributed by atoms with E-state index in [9.17, 15) is 0 Å². The first-order valence-electron chi connectivity index (χ1n) is 5.97. The van der Waals surface area contributed by atoms with Crippen LogP contribution in [0.5, 0.6) is 0 Å². The van der Waals surface area contributed by atoms with Crippen molar-refractivity contribution < 1.29 is 0 Å². The van der Waals surface area contributed by atoms with Gasteiger partial charge in [-0.1, -0.05) is 29.0 Å². The second-order valence-corrected chi connectivity index (χ2v) is 5.50. The molecule has 3 N–H and O–H groups in total. The monoisotopic (exact) mass is 262 g/mol. The zero-order chi connectivity index (χ0) is 13.1. The Labute approximate surface area is 111 Å². The Morgan fingerprint density at radius 2 is 1.83 bits per heavy atom. The minimum atomic E-state index is 0.608. The summed E-state index contributed by atoms with van der Waals surface area (Å²) >= 11 is 1.56. The van der Waals surface area contributed by atoms with Crippen LogP contribution < -0.4 is 11.1 Å². The quantitative estimate of drug-likeness (QED) is 0.889. The minimum Gasteiger partial charge on any atom is -0.330 e. The molecule has 1 aromatic heterocycles. The highest BCUT2D eigenvalue weighted by Gasteiger charge is 2.08. The molecule has 0 aliphatic rings. The molecular formula is C13H18N4S. The maximum atomic E-state index is 5.51. The van der Waals surface area contributed by atoms with E-state index in [1.807, 2.05) is 0 Å². The van der Waals surface area contributed by atoms with E-state index in [1.54, 1.807) is 11.3 Å². The maximum Gasteiger partial charge on any atom is 0.210 e. The van der Waals surface area contributed by atoms with Crippen LogP contribution in [-0.4, -0.2) is 16.7 Å². The normalized spacial score (nSPS) is 10.7. The van der Waals surface area contributed by atoms with Crippen LogP contribution in [0, 0.1) is 20.8 Å². The van der Waals surface area contributed by atoms with Crippen molar-refractivity contribution in [2.75, 3.05) is 11.9 Å². The van der Waals surface area contributed by atoms with Crippen LogP contribution in [0.15, 0.2) is 12.1 Å². The number of anilines is 2. The Morgan fingerprint density at radius 3 is 2.44 bits per heavy atom. The van der Waals surface area contributed by atoms with Gasteiger partial charge in [0.15, 0.2) is 0 Å². The zero-order valence-corrected chi connectivity index (χ0v) is 11.8. The summed E-state index contributed by atoms with van der Waals surface area (Å²) in [6.45, 7) is 6.92. The van der Waals surface area contributed by atoms with Gasteiger partial charge in [0.25, 0.3) is 0 Å². The van der Waals surface area contributed by atoms with Gasteiger partial charge < -0.3 is 11.1 Å². The molecule has 0 aliphatic carbocycles. The van der Waals surface area contributed by atoms with Crippen molar-refractivity contribution in [1.29, 1.82) is 0 Å². The van der Waals surface area contributed by atoms with Gasteiger partial charge in [-0.05, 0) is 38.4 Å². The molecule has 1 aromatic carbocycles. The molecule has 0 radical (unpaired) electrons. The Hall–Kier alpha value is -1.46. The highest BCUT2D eigenvalue weighted by atomic mass is 32.1. The topological polar surface area (TPSA) is 63.8 Å². The lowest BCUT2D eigenvalue weighted by Gasteiger charge is -2.11. The fourth-order valence-corrected chi connectivity index (χ4v) is 2.77. The SMILES string of the molecule is Cc1cc(C)c(Nc2nnc(CCN)s2)c(C)c1. The molecule has 18 heavy (non-hydrogen) atoms. The van der Waals surface area contributed by atoms with Crippen molar-refractivity contribution in [2.45, 2.75) is 27.2 Å². The van der Waals surface area contributed by atoms with Crippen molar-refractivity contribution in [3.8, 4) is 0 Å². The average Bonchev–Trinajstić information content (AvgIpc) is 2.72. The van der Waals surface area contributed by atoms with E-state index < -0.39 is 0 Å². The first-order valence-corrected chi connectivity index (χ1v) is 6.79. The summed E-state index contributed by atoms with van der Waals surface area (Å²) < 4.78 is 0. The molecule has 0 aliphatic heterocycles. The Bertz CT molecular complexity index is 525. The second-order valence-electron chi connectivity index (χ2n) is 4.44. The molecule has 96 valence electrons. The molecule has 4 nitrogen and oxygen atoms in total. The summed E-state index contributed by atoms with van der Waals surface area (Å²) in [4.78, 5) is 0. The number of nitrogens with two attached hydrogens (primary N) is 1. The molecule has 0 amide bonds. The van der Waals surface area contributed by atoms with Crippen molar-refractivity contribution in [1.82, 2.24) is 10.2 Å². The zero-order valence-electron chi connectivity index (χ0n) is 10.9. The third-order valence-corrected chi connectivity index (χ3v) is 3.63. The summed E-state index contributed by atoms with van der Waals surface area (Å²) in [5.41, 5.74) is 10.4. The summed E-state index contributed by atoms with van der Waals surface area (Å²) in [5, 5.41) is 13.4. The van der Waals surface area contributed by atoms with Gasteiger partial charge in [0.05, 0.1) is 0 Å². The van der Waals surface area contributed by atoms with Gasteiger partial charge in [-0.25, -0.2) is 0 Å². The Morgan fingerprint density at radius 1 is 1.17 bits per heavy atom. The molecule has 2 aromatic rings. The number of benzene rings is 1. The highest BCUT2D eigenvalue weighted by molar-refractivity contribution is 7.15. The van der Waals surface area contributed by atoms with Gasteiger partial charge >= 0.3 is 0 Å². The van der Waals surface area contributed by atoms with E-state index in [1.165, 1.54) is 16.7 Å². The molecule has 0 atom stereocenters. The summed E-state index contributed by atoms with van der Waals surface area (Å²) in [6.07, 6.45) is 0.783. The largest absolute Gasteiger partial charge is 0.330 e. The van der Waals surface area contributed by atoms with Gasteiger partial charge in [-0.2, -0.15) is 0 Å². The van der Waals surface area contributed by atoms with Crippen LogP contribution in [0.1, 0.15) is 21.7 Å². The standard InChI is InChI=1S/C13H18N4S/c1-8-6-9(2)12(10(3)7-8)15-13-17-16-11(18-13)4-5-14/h6-7H,4-5,14H2,1-3H3,(H,15,17). The highest BCUT2D eigenvalue weighted by Crippen LogP contribution is 2.27. The van der Waals surface area contributed by atoms with Crippen LogP contribution in [0.25, 0.3) is 0 Å². The molecule has 0 fully saturated rings. The van der Waals surface area contributed by atoms with E-state index in [0.717, 1.165) is 22.2 Å². The Kier molecular flexibility index (Phi) is 3.93. The second kappa shape index (κ2) is 5.46. The summed E-state index contributed by atoms with van der Waals surface area (Å²) in [5.74, 6) is 0. The van der Waals surface area contributed by atoms with Crippen molar-refractivity contribution >= 4 is 22.2 Å². The lowest BCUT2D eigenvalue weighted by Crippen LogP contribution is -2.01. The van der Waals surface area contributed by atoms with E-state index in [0.29, 0.717) is 6.54 Å². The predicted octanol–water partition coefficient (Wildman–Crippen LogP) is 2.71. The van der Waals surface area contributed by atoms with E-state index >= 15 is 0 Å². The molecule has 0 saturated carbocycles. The van der Waals surface area contributed by atoms with Crippen LogP contribution in [0.4, 0.5) is 10.8 Å². The molecular weight excluding hydrogens is 244 g/mol. The molecule has 0 saturated heterocycles. The van der Waals surface area contributed by atoms with Gasteiger partial charge in [0.1, 0.15) is 5.01 Å². The van der Waals surface area contributed by atoms with Crippen LogP contribution in [0.2, 0.25) is 0 Å². The van der Waals surface area contributed by atoms with E-state index in [4.69, 9.17) is 5.73 Å². The van der Waals surface area contributed by atoms with Crippen molar-refractivity contribution in [3.05, 3.63) is 33.8 Å². The molecule has 2 rings (SSSR count). The van der Waals surface area contributed by atoms with Crippen molar-refractivity contribution in [3.63, 3.8) is 0 Å². The third kappa shape index (κ3) is 2.86. The first kappa shape index (κ1) is 13.0. The number of aromatic nitrogens is 2. The number of hydrogen-bond acceptors (Lipinski definition) is 5. The van der Waals surface area contributed by atoms with Crippen molar-refractivity contribution in [2.24, 2.45) is 5.73 Å². The van der Waals surface area contributed by atoms with E-state index in [2.05, 4.69) is 48.4 Å². The average molecular weight is 262 g/mol. The number of nitrogens with one attached hydrogen (secondary N) is 1. The fourth-order valence-electron chi connectivity index (χ4n) is 2.01. The molecule has 5 heteroatoms. The number of hydrogen-bond donors (Lipinski definition) is 2. The lowest BCUT2D eigenvalue weighted by molar-refractivity contribution is 0.913. The predicted molar refractivity (Wildman–Crippen MR) is 76.6 cm³/mol.